The van der Waals surface area contributed by atoms with Gasteiger partial charge in [0.15, 0.2) is 0 Å². The molecule has 0 aliphatic heterocycles. The van der Waals surface area contributed by atoms with Gasteiger partial charge in [0.25, 0.3) is 0 Å². The quantitative estimate of drug-likeness (QED) is 0.499. The number of carbonyl (C=O) groups excluding carboxylic acids is 1. The predicted octanol–water partition coefficient (Wildman–Crippen LogP) is 4.50. The van der Waals surface area contributed by atoms with E-state index >= 15 is 0 Å². The van der Waals surface area contributed by atoms with E-state index in [-0.39, 0.29) is 5.91 Å². The van der Waals surface area contributed by atoms with Crippen molar-refractivity contribution < 1.29 is 4.79 Å². The third-order valence-electron chi connectivity index (χ3n) is 4.32. The highest BCUT2D eigenvalue weighted by Gasteiger charge is 2.14. The van der Waals surface area contributed by atoms with E-state index in [1.54, 1.807) is 17.7 Å². The molecule has 0 unspecified atom stereocenters. The van der Waals surface area contributed by atoms with Crippen LogP contribution >= 0.6 is 23.1 Å². The second kappa shape index (κ2) is 8.05. The summed E-state index contributed by atoms with van der Waals surface area (Å²) in [6.07, 6.45) is 1.57. The van der Waals surface area contributed by atoms with E-state index in [9.17, 15) is 4.79 Å². The molecule has 2 heterocycles. The van der Waals surface area contributed by atoms with Gasteiger partial charge in [0, 0.05) is 35.2 Å². The largest absolute Gasteiger partial charge is 0.375 e. The van der Waals surface area contributed by atoms with Gasteiger partial charge in [-0.25, -0.2) is 9.97 Å². The average Bonchev–Trinajstić information content (AvgIpc) is 2.94. The van der Waals surface area contributed by atoms with Gasteiger partial charge in [0.2, 0.25) is 5.91 Å². The molecule has 3 aromatic rings. The van der Waals surface area contributed by atoms with Crippen molar-refractivity contribution in [3.05, 3.63) is 41.0 Å². The zero-order valence-corrected chi connectivity index (χ0v) is 17.0. The Balaban J connectivity index is 1.68. The monoisotopic (exact) mass is 386 g/mol. The van der Waals surface area contributed by atoms with Crippen molar-refractivity contribution in [1.82, 2.24) is 9.97 Å². The average molecular weight is 387 g/mol. The molecule has 3 rings (SSSR count). The summed E-state index contributed by atoms with van der Waals surface area (Å²) >= 11 is 3.12. The van der Waals surface area contributed by atoms with Crippen LogP contribution in [0.4, 0.5) is 11.4 Å². The van der Waals surface area contributed by atoms with Crippen LogP contribution in [0.25, 0.3) is 10.2 Å². The number of rotatable bonds is 6. The molecule has 0 saturated heterocycles. The molecule has 0 radical (unpaired) electrons. The minimum Gasteiger partial charge on any atom is -0.375 e. The van der Waals surface area contributed by atoms with E-state index in [1.165, 1.54) is 22.2 Å². The third kappa shape index (κ3) is 3.99. The molecular weight excluding hydrogens is 364 g/mol. The molecule has 0 aliphatic carbocycles. The van der Waals surface area contributed by atoms with Crippen LogP contribution in [-0.2, 0) is 4.79 Å². The van der Waals surface area contributed by atoms with Crippen molar-refractivity contribution in [3.8, 4) is 0 Å². The lowest BCUT2D eigenvalue weighted by atomic mass is 10.2. The second-order valence-electron chi connectivity index (χ2n) is 6.04. The molecule has 0 aliphatic rings. The van der Waals surface area contributed by atoms with Crippen LogP contribution in [0.5, 0.6) is 0 Å². The zero-order valence-electron chi connectivity index (χ0n) is 15.4. The Labute approximate surface area is 161 Å². The van der Waals surface area contributed by atoms with E-state index in [2.05, 4.69) is 41.0 Å². The lowest BCUT2D eigenvalue weighted by Gasteiger charge is -2.17. The molecular formula is C19H22N4OS2. The van der Waals surface area contributed by atoms with Gasteiger partial charge in [-0.1, -0.05) is 17.8 Å². The first-order chi connectivity index (χ1) is 12.5. The van der Waals surface area contributed by atoms with Crippen molar-refractivity contribution in [2.24, 2.45) is 0 Å². The maximum atomic E-state index is 12.4. The van der Waals surface area contributed by atoms with E-state index in [0.717, 1.165) is 33.2 Å². The summed E-state index contributed by atoms with van der Waals surface area (Å²) < 4.78 is 0. The normalized spacial score (nSPS) is 10.9. The minimum atomic E-state index is -0.0392. The van der Waals surface area contributed by atoms with Crippen molar-refractivity contribution in [3.63, 3.8) is 0 Å². The number of amides is 1. The topological polar surface area (TPSA) is 58.1 Å². The summed E-state index contributed by atoms with van der Waals surface area (Å²) in [7, 11) is 2.03. The van der Waals surface area contributed by atoms with Gasteiger partial charge < -0.3 is 10.2 Å². The number of aryl methyl sites for hydroxylation is 2. The van der Waals surface area contributed by atoms with Crippen molar-refractivity contribution in [2.45, 2.75) is 25.8 Å². The van der Waals surface area contributed by atoms with Crippen LogP contribution in [0.3, 0.4) is 0 Å². The zero-order chi connectivity index (χ0) is 18.7. The van der Waals surface area contributed by atoms with Gasteiger partial charge in [0.1, 0.15) is 16.2 Å². The summed E-state index contributed by atoms with van der Waals surface area (Å²) in [4.78, 5) is 25.4. The van der Waals surface area contributed by atoms with Crippen LogP contribution in [0.15, 0.2) is 35.6 Å². The maximum Gasteiger partial charge on any atom is 0.234 e. The Kier molecular flexibility index (Phi) is 5.78. The molecule has 1 amide bonds. The van der Waals surface area contributed by atoms with Gasteiger partial charge in [-0.2, -0.15) is 0 Å². The maximum absolute atomic E-state index is 12.4. The molecule has 0 saturated carbocycles. The number of benzene rings is 1. The van der Waals surface area contributed by atoms with Gasteiger partial charge in [-0.15, -0.1) is 11.3 Å². The molecule has 0 bridgehead atoms. The molecule has 0 spiro atoms. The fraction of sp³-hybridized carbons (Fsp3) is 0.316. The standard InChI is InChI=1S/C19H22N4OS2/c1-5-23(4)15-8-6-7-14(9-15)22-16(24)10-25-18-17-12(2)13(3)26-19(17)21-11-20-18/h6-9,11H,5,10H2,1-4H3,(H,22,24). The van der Waals surface area contributed by atoms with Crippen LogP contribution in [0.1, 0.15) is 17.4 Å². The summed E-state index contributed by atoms with van der Waals surface area (Å²) in [5.41, 5.74) is 3.09. The van der Waals surface area contributed by atoms with Gasteiger partial charge in [-0.05, 0) is 44.5 Å². The number of thiophene rings is 1. The summed E-state index contributed by atoms with van der Waals surface area (Å²) in [5.74, 6) is 0.275. The smallest absolute Gasteiger partial charge is 0.234 e. The van der Waals surface area contributed by atoms with Crippen LogP contribution in [-0.4, -0.2) is 35.2 Å². The second-order valence-corrected chi connectivity index (χ2v) is 8.21. The van der Waals surface area contributed by atoms with E-state index < -0.39 is 0 Å². The van der Waals surface area contributed by atoms with E-state index in [1.807, 2.05) is 31.3 Å². The number of nitrogens with zero attached hydrogens (tertiary/aromatic N) is 3. The lowest BCUT2D eigenvalue weighted by molar-refractivity contribution is -0.113. The number of fused-ring (bicyclic) bond motifs is 1. The number of aromatic nitrogens is 2. The molecule has 0 atom stereocenters. The van der Waals surface area contributed by atoms with Gasteiger partial charge in [-0.3, -0.25) is 4.79 Å². The summed E-state index contributed by atoms with van der Waals surface area (Å²) in [6.45, 7) is 7.18. The molecule has 1 aromatic carbocycles. The Morgan fingerprint density at radius 3 is 2.88 bits per heavy atom. The predicted molar refractivity (Wildman–Crippen MR) is 112 cm³/mol. The third-order valence-corrected chi connectivity index (χ3v) is 6.42. The molecule has 1 N–H and O–H groups in total. The van der Waals surface area contributed by atoms with Crippen LogP contribution < -0.4 is 10.2 Å². The summed E-state index contributed by atoms with van der Waals surface area (Å²) in [6, 6.07) is 7.88. The first-order valence-electron chi connectivity index (χ1n) is 8.44. The van der Waals surface area contributed by atoms with E-state index in [0.29, 0.717) is 5.75 Å². The first kappa shape index (κ1) is 18.7. The summed E-state index contributed by atoms with van der Waals surface area (Å²) in [5, 5.41) is 4.91. The lowest BCUT2D eigenvalue weighted by Crippen LogP contribution is -2.17. The number of hydrogen-bond acceptors (Lipinski definition) is 6. The number of carbonyl (C=O) groups is 1. The molecule has 7 heteroatoms. The highest BCUT2D eigenvalue weighted by atomic mass is 32.2. The van der Waals surface area contributed by atoms with Crippen molar-refractivity contribution in [1.29, 1.82) is 0 Å². The SMILES string of the molecule is CCN(C)c1cccc(NC(=O)CSc2ncnc3sc(C)c(C)c23)c1. The molecule has 136 valence electrons. The Hall–Kier alpha value is -2.12. The highest BCUT2D eigenvalue weighted by molar-refractivity contribution is 8.00. The van der Waals surface area contributed by atoms with Gasteiger partial charge in [0.05, 0.1) is 5.75 Å². The molecule has 26 heavy (non-hydrogen) atoms. The highest BCUT2D eigenvalue weighted by Crippen LogP contribution is 2.34. The minimum absolute atomic E-state index is 0.0392. The Bertz CT molecular complexity index is 938. The molecule has 0 fully saturated rings. The molecule has 2 aromatic heterocycles. The van der Waals surface area contributed by atoms with Crippen molar-refractivity contribution >= 4 is 50.6 Å². The van der Waals surface area contributed by atoms with Crippen LogP contribution in [0, 0.1) is 13.8 Å². The Morgan fingerprint density at radius 2 is 2.12 bits per heavy atom. The number of hydrogen-bond donors (Lipinski definition) is 1. The number of anilines is 2. The fourth-order valence-electron chi connectivity index (χ4n) is 2.59. The van der Waals surface area contributed by atoms with Gasteiger partial charge >= 0.3 is 0 Å². The number of thioether (sulfide) groups is 1. The first-order valence-corrected chi connectivity index (χ1v) is 10.2. The van der Waals surface area contributed by atoms with E-state index in [4.69, 9.17) is 0 Å². The van der Waals surface area contributed by atoms with Crippen molar-refractivity contribution in [2.75, 3.05) is 29.6 Å². The number of nitrogens with one attached hydrogen (secondary N) is 1. The fourth-order valence-corrected chi connectivity index (χ4v) is 4.51. The van der Waals surface area contributed by atoms with Crippen LogP contribution in [0.2, 0.25) is 0 Å². The Morgan fingerprint density at radius 1 is 1.31 bits per heavy atom. The molecule has 5 nitrogen and oxygen atoms in total.